The third kappa shape index (κ3) is 17.8. The van der Waals surface area contributed by atoms with Gasteiger partial charge in [0.25, 0.3) is 17.7 Å². The van der Waals surface area contributed by atoms with Crippen molar-refractivity contribution in [1.82, 2.24) is 35.5 Å². The summed E-state index contributed by atoms with van der Waals surface area (Å²) in [5.41, 5.74) is 0.236. The number of piperidine rings is 1. The lowest BCUT2D eigenvalue weighted by molar-refractivity contribution is -0.138. The summed E-state index contributed by atoms with van der Waals surface area (Å²) in [6.45, 7) is 4.10. The van der Waals surface area contributed by atoms with Gasteiger partial charge in [-0.2, -0.15) is 13.2 Å². The van der Waals surface area contributed by atoms with Gasteiger partial charge in [0.2, 0.25) is 17.7 Å². The number of imide groups is 2. The van der Waals surface area contributed by atoms with E-state index in [0.717, 1.165) is 29.9 Å². The normalized spacial score (nSPS) is 14.2. The molecule has 0 bridgehead atoms. The van der Waals surface area contributed by atoms with Gasteiger partial charge in [0.1, 0.15) is 28.9 Å². The average Bonchev–Trinajstić information content (AvgIpc) is 4.17. The largest absolute Gasteiger partial charge is 0.457 e. The molecule has 27 heteroatoms. The molecule has 1 fully saturated rings. The van der Waals surface area contributed by atoms with Crippen LogP contribution in [0.4, 0.5) is 35.0 Å². The van der Waals surface area contributed by atoms with Gasteiger partial charge in [-0.05, 0) is 79.9 Å². The van der Waals surface area contributed by atoms with Crippen LogP contribution < -0.4 is 31.3 Å². The number of rotatable bonds is 30. The highest BCUT2D eigenvalue weighted by molar-refractivity contribution is 6.31. The molecular weight excluding hydrogens is 1070 g/mol. The fourth-order valence-electron chi connectivity index (χ4n) is 7.92. The molecule has 8 amide bonds. The lowest BCUT2D eigenvalue weighted by Gasteiger charge is -2.27. The zero-order valence-electron chi connectivity index (χ0n) is 42.4. The van der Waals surface area contributed by atoms with Crippen molar-refractivity contribution in [3.05, 3.63) is 118 Å². The highest BCUT2D eigenvalue weighted by Crippen LogP contribution is 2.37. The van der Waals surface area contributed by atoms with Crippen molar-refractivity contribution in [2.75, 3.05) is 82.0 Å². The van der Waals surface area contributed by atoms with Crippen LogP contribution in [-0.2, 0) is 57.4 Å². The number of unbranched alkanes of at least 4 members (excludes halogenated alkanes) is 2. The second-order valence-corrected chi connectivity index (χ2v) is 17.9. The first-order valence-corrected chi connectivity index (χ1v) is 25.4. The molecule has 420 valence electrons. The van der Waals surface area contributed by atoms with E-state index >= 15 is 0 Å². The van der Waals surface area contributed by atoms with Crippen LogP contribution in [0.5, 0.6) is 11.5 Å². The number of urea groups is 1. The maximum absolute atomic E-state index is 13.3. The molecule has 1 saturated heterocycles. The fraction of sp³-hybridized carbons (Fsp3) is 0.385. The second-order valence-electron chi connectivity index (χ2n) is 17.5. The number of carbonyl (C=O) groups is 7. The Bertz CT molecular complexity index is 2950. The second kappa shape index (κ2) is 29.2. The Balaban J connectivity index is 0.641. The number of ether oxygens (including phenoxy) is 6. The number of aryl methyl sites for hydroxylation is 1. The standard InChI is InChI=1S/C52H56ClF3N10O13/c53-40-13-10-34(29-39(40)52(54,55)56)60-51(73)59-33-8-11-36(12-9-33)79-37-16-17-57-42(30-37)47(69)58-18-20-74-21-22-75-23-24-76-25-26-77-27-28-78-32-35-31-65(64-63-35)19-3-1-2-7-44(67)61-41-6-4-5-38-46(41)50(72)66(49(38)71)43-14-15-45(68)62-48(43)70/h4-6,8-13,16-17,29-31,43H,1-3,7,14-15,18-28,32H2,(H,58,69)(H,61,67)(H2,59,60,73)(H,62,68,70). The zero-order valence-corrected chi connectivity index (χ0v) is 43.2. The highest BCUT2D eigenvalue weighted by Gasteiger charge is 2.45. The number of nitrogens with one attached hydrogen (secondary N) is 5. The minimum Gasteiger partial charge on any atom is -0.457 e. The molecule has 0 radical (unpaired) electrons. The molecule has 2 aromatic heterocycles. The average molecular weight is 1120 g/mol. The monoisotopic (exact) mass is 1120 g/mol. The summed E-state index contributed by atoms with van der Waals surface area (Å²) in [5, 5.41) is 20.3. The third-order valence-corrected chi connectivity index (χ3v) is 12.1. The Morgan fingerprint density at radius 1 is 0.747 bits per heavy atom. The number of amides is 8. The smallest absolute Gasteiger partial charge is 0.417 e. The van der Waals surface area contributed by atoms with Crippen LogP contribution in [-0.4, -0.2) is 138 Å². The minimum atomic E-state index is -4.68. The van der Waals surface area contributed by atoms with Gasteiger partial charge < -0.3 is 49.7 Å². The first-order valence-electron chi connectivity index (χ1n) is 25.0. The minimum absolute atomic E-state index is 0.00637. The van der Waals surface area contributed by atoms with Gasteiger partial charge in [-0.25, -0.2) is 4.79 Å². The third-order valence-electron chi connectivity index (χ3n) is 11.7. The predicted molar refractivity (Wildman–Crippen MR) is 275 cm³/mol. The van der Waals surface area contributed by atoms with Crippen molar-refractivity contribution in [2.24, 2.45) is 0 Å². The maximum atomic E-state index is 13.3. The molecule has 7 rings (SSSR count). The molecule has 3 aromatic carbocycles. The van der Waals surface area contributed by atoms with Crippen LogP contribution in [0.3, 0.4) is 0 Å². The van der Waals surface area contributed by atoms with Crippen molar-refractivity contribution in [3.63, 3.8) is 0 Å². The van der Waals surface area contributed by atoms with Crippen LogP contribution in [0.25, 0.3) is 0 Å². The van der Waals surface area contributed by atoms with Crippen molar-refractivity contribution in [1.29, 1.82) is 0 Å². The number of hydrogen-bond acceptors (Lipinski definition) is 16. The Kier molecular flexibility index (Phi) is 21.7. The van der Waals surface area contributed by atoms with E-state index in [9.17, 15) is 46.7 Å². The SMILES string of the molecule is O=C1CCC(N2C(=O)c3cccc(NC(=O)CCCCCn4cc(COCCOCCOCCOCCOCCNC(=O)c5cc(Oc6ccc(NC(=O)Nc7ccc(Cl)c(C(F)(F)F)c7)cc6)ccn5)nn4)c3C2=O)C(=O)N1. The van der Waals surface area contributed by atoms with Crippen LogP contribution in [0.15, 0.2) is 85.2 Å². The molecule has 0 aliphatic carbocycles. The number of halogens is 4. The van der Waals surface area contributed by atoms with Gasteiger partial charge in [0, 0.05) is 49.6 Å². The lowest BCUT2D eigenvalue weighted by atomic mass is 10.0. The van der Waals surface area contributed by atoms with Crippen LogP contribution in [0, 0.1) is 0 Å². The molecule has 1 atom stereocenters. The Hall–Kier alpha value is -7.88. The summed E-state index contributed by atoms with van der Waals surface area (Å²) in [6, 6.07) is 14.9. The summed E-state index contributed by atoms with van der Waals surface area (Å²) in [6.07, 6.45) is 0.760. The molecule has 4 heterocycles. The molecule has 0 spiro atoms. The summed E-state index contributed by atoms with van der Waals surface area (Å²) in [4.78, 5) is 93.2. The van der Waals surface area contributed by atoms with Crippen molar-refractivity contribution >= 4 is 70.1 Å². The van der Waals surface area contributed by atoms with Gasteiger partial charge in [-0.3, -0.25) is 48.6 Å². The van der Waals surface area contributed by atoms with Crippen LogP contribution >= 0.6 is 11.6 Å². The van der Waals surface area contributed by atoms with E-state index in [-0.39, 0.29) is 73.1 Å². The van der Waals surface area contributed by atoms with E-state index in [1.54, 1.807) is 35.1 Å². The van der Waals surface area contributed by atoms with E-state index in [1.807, 2.05) is 0 Å². The number of aromatic nitrogens is 4. The fourth-order valence-corrected chi connectivity index (χ4v) is 8.15. The molecule has 2 aliphatic heterocycles. The Labute approximate surface area is 455 Å². The van der Waals surface area contributed by atoms with Crippen molar-refractivity contribution in [3.8, 4) is 11.5 Å². The number of nitrogens with zero attached hydrogens (tertiary/aromatic N) is 5. The summed E-state index contributed by atoms with van der Waals surface area (Å²) >= 11 is 5.64. The Morgan fingerprint density at radius 3 is 2.14 bits per heavy atom. The van der Waals surface area contributed by atoms with Gasteiger partial charge in [0.05, 0.1) is 99.7 Å². The van der Waals surface area contributed by atoms with Crippen molar-refractivity contribution in [2.45, 2.75) is 63.9 Å². The molecular formula is C52H56ClF3N10O13. The van der Waals surface area contributed by atoms with Crippen molar-refractivity contribution < 1.29 is 75.2 Å². The summed E-state index contributed by atoms with van der Waals surface area (Å²) < 4.78 is 74.8. The van der Waals surface area contributed by atoms with Crippen LogP contribution in [0.2, 0.25) is 5.02 Å². The highest BCUT2D eigenvalue weighted by atomic mass is 35.5. The molecule has 2 aliphatic rings. The van der Waals surface area contributed by atoms with Gasteiger partial charge in [-0.15, -0.1) is 5.10 Å². The molecule has 0 saturated carbocycles. The molecule has 23 nitrogen and oxygen atoms in total. The maximum Gasteiger partial charge on any atom is 0.417 e. The number of benzene rings is 3. The Morgan fingerprint density at radius 2 is 1.43 bits per heavy atom. The molecule has 1 unspecified atom stereocenters. The van der Waals surface area contributed by atoms with E-state index < -0.39 is 58.4 Å². The van der Waals surface area contributed by atoms with Gasteiger partial charge in [0.15, 0.2) is 0 Å². The summed E-state index contributed by atoms with van der Waals surface area (Å²) in [5.74, 6) is -2.58. The number of fused-ring (bicyclic) bond motifs is 1. The number of pyridine rings is 1. The van der Waals surface area contributed by atoms with Gasteiger partial charge in [-0.1, -0.05) is 29.3 Å². The topological polar surface area (TPSA) is 282 Å². The zero-order chi connectivity index (χ0) is 56.2. The predicted octanol–water partition coefficient (Wildman–Crippen LogP) is 6.39. The number of carbonyl (C=O) groups excluding carboxylic acids is 7. The first-order chi connectivity index (χ1) is 38.1. The van der Waals surface area contributed by atoms with E-state index in [0.29, 0.717) is 88.7 Å². The van der Waals surface area contributed by atoms with Gasteiger partial charge >= 0.3 is 12.2 Å². The quantitative estimate of drug-likeness (QED) is 0.0246. The number of alkyl halides is 3. The van der Waals surface area contributed by atoms with E-state index in [1.165, 1.54) is 42.6 Å². The van der Waals surface area contributed by atoms with Crippen LogP contribution in [0.1, 0.15) is 81.0 Å². The number of hydrogen-bond donors (Lipinski definition) is 5. The number of anilines is 3. The molecule has 5 aromatic rings. The van der Waals surface area contributed by atoms with E-state index in [2.05, 4.69) is 41.9 Å². The summed E-state index contributed by atoms with van der Waals surface area (Å²) in [7, 11) is 0. The molecule has 5 N–H and O–H groups in total. The first kappa shape index (κ1) is 58.8. The van der Waals surface area contributed by atoms with E-state index in [4.69, 9.17) is 40.0 Å². The lowest BCUT2D eigenvalue weighted by Crippen LogP contribution is -2.54. The molecule has 79 heavy (non-hydrogen) atoms.